The zero-order chi connectivity index (χ0) is 30.4. The third kappa shape index (κ3) is 4.67. The van der Waals surface area contributed by atoms with Crippen LogP contribution in [0.1, 0.15) is 65.8 Å². The Bertz CT molecular complexity index is 1550. The molecule has 3 amide bonds. The fourth-order valence-corrected chi connectivity index (χ4v) is 7.07. The summed E-state index contributed by atoms with van der Waals surface area (Å²) in [6.45, 7) is 2.85. The van der Waals surface area contributed by atoms with Crippen molar-refractivity contribution in [2.45, 2.75) is 51.0 Å². The second-order valence-electron chi connectivity index (χ2n) is 11.4. The number of nitrogens with one attached hydrogen (secondary N) is 1. The Kier molecular flexibility index (Phi) is 7.29. The van der Waals surface area contributed by atoms with Crippen molar-refractivity contribution >= 4 is 35.1 Å². The molecule has 7 rings (SSSR count). The van der Waals surface area contributed by atoms with Crippen molar-refractivity contribution in [1.29, 1.82) is 0 Å². The van der Waals surface area contributed by atoms with E-state index in [2.05, 4.69) is 5.32 Å². The number of imide groups is 1. The number of anilines is 1. The summed E-state index contributed by atoms with van der Waals surface area (Å²) >= 11 is 0. The van der Waals surface area contributed by atoms with Gasteiger partial charge in [0.1, 0.15) is 6.04 Å². The summed E-state index contributed by atoms with van der Waals surface area (Å²) in [6, 6.07) is 18.9. The van der Waals surface area contributed by atoms with Gasteiger partial charge in [-0.3, -0.25) is 29.4 Å². The van der Waals surface area contributed by atoms with Crippen LogP contribution in [0, 0.1) is 28.9 Å². The van der Waals surface area contributed by atoms with Crippen LogP contribution in [-0.2, 0) is 23.9 Å². The number of likely N-dealkylation sites (tertiary alicyclic amines) is 1. The van der Waals surface area contributed by atoms with Crippen LogP contribution < -0.4 is 5.32 Å². The quantitative estimate of drug-likeness (QED) is 0.165. The number of carbonyl (C=O) groups is 4. The number of benzene rings is 3. The highest BCUT2D eigenvalue weighted by Crippen LogP contribution is 2.61. The lowest BCUT2D eigenvalue weighted by Crippen LogP contribution is -2.47. The molecule has 4 aliphatic rings. The molecule has 3 atom stereocenters. The molecule has 1 fully saturated rings. The highest BCUT2D eigenvalue weighted by atomic mass is 16.6. The van der Waals surface area contributed by atoms with E-state index >= 15 is 0 Å². The molecule has 1 N–H and O–H groups in total. The number of nitro groups is 1. The lowest BCUT2D eigenvalue weighted by molar-refractivity contribution is -0.385. The molecule has 3 aliphatic carbocycles. The van der Waals surface area contributed by atoms with Crippen molar-refractivity contribution in [2.75, 3.05) is 11.9 Å². The number of nitro benzene ring substituents is 1. The molecule has 2 bridgehead atoms. The molecule has 220 valence electrons. The fourth-order valence-electron chi connectivity index (χ4n) is 7.07. The van der Waals surface area contributed by atoms with Gasteiger partial charge in [-0.15, -0.1) is 0 Å². The number of rotatable bonds is 9. The second-order valence-corrected chi connectivity index (χ2v) is 11.4. The third-order valence-corrected chi connectivity index (χ3v) is 8.93. The van der Waals surface area contributed by atoms with Gasteiger partial charge in [0.25, 0.3) is 11.6 Å². The molecule has 0 aromatic heterocycles. The summed E-state index contributed by atoms with van der Waals surface area (Å²) < 4.78 is 5.36. The van der Waals surface area contributed by atoms with E-state index < -0.39 is 41.3 Å². The van der Waals surface area contributed by atoms with Crippen LogP contribution >= 0.6 is 0 Å². The molecule has 10 nitrogen and oxygen atoms in total. The van der Waals surface area contributed by atoms with Gasteiger partial charge in [-0.2, -0.15) is 0 Å². The summed E-state index contributed by atoms with van der Waals surface area (Å²) in [7, 11) is 0. The monoisotopic (exact) mass is 581 g/mol. The van der Waals surface area contributed by atoms with Gasteiger partial charge in [0.2, 0.25) is 11.8 Å². The van der Waals surface area contributed by atoms with Crippen LogP contribution in [0.15, 0.2) is 66.7 Å². The maximum Gasteiger partial charge on any atom is 0.329 e. The minimum atomic E-state index is -1.16. The lowest BCUT2D eigenvalue weighted by atomic mass is 9.55. The van der Waals surface area contributed by atoms with Gasteiger partial charge >= 0.3 is 5.97 Å². The zero-order valence-corrected chi connectivity index (χ0v) is 23.8. The first-order valence-corrected chi connectivity index (χ1v) is 14.5. The van der Waals surface area contributed by atoms with E-state index in [-0.39, 0.29) is 41.4 Å². The zero-order valence-electron chi connectivity index (χ0n) is 23.8. The van der Waals surface area contributed by atoms with E-state index in [1.165, 1.54) is 18.2 Å². The van der Waals surface area contributed by atoms with E-state index in [4.69, 9.17) is 4.74 Å². The fraction of sp³-hybridized carbons (Fsp3) is 0.333. The molecule has 0 unspecified atom stereocenters. The van der Waals surface area contributed by atoms with Crippen LogP contribution in [-0.4, -0.2) is 46.2 Å². The minimum Gasteiger partial charge on any atom is -0.454 e. The molecular formula is C33H31N3O7. The van der Waals surface area contributed by atoms with E-state index in [1.807, 2.05) is 55.5 Å². The first-order valence-electron chi connectivity index (χ1n) is 14.5. The predicted octanol–water partition coefficient (Wildman–Crippen LogP) is 4.84. The Morgan fingerprint density at radius 1 is 0.930 bits per heavy atom. The number of nitrogens with zero attached hydrogens (tertiary/aromatic N) is 2. The number of amides is 3. The van der Waals surface area contributed by atoms with Gasteiger partial charge in [-0.1, -0.05) is 74.4 Å². The Balaban J connectivity index is 1.23. The average Bonchev–Trinajstić information content (AvgIpc) is 3.27. The Morgan fingerprint density at radius 2 is 1.47 bits per heavy atom. The maximum atomic E-state index is 14.1. The molecule has 3 aromatic carbocycles. The van der Waals surface area contributed by atoms with Crippen molar-refractivity contribution in [3.8, 4) is 0 Å². The number of ether oxygens (including phenoxy) is 1. The van der Waals surface area contributed by atoms with Gasteiger partial charge in [-0.25, -0.2) is 4.79 Å². The average molecular weight is 582 g/mol. The molecule has 1 aliphatic heterocycles. The number of aryl methyl sites for hydroxylation is 1. The highest BCUT2D eigenvalue weighted by molar-refractivity contribution is 6.10. The third-order valence-electron chi connectivity index (χ3n) is 8.93. The van der Waals surface area contributed by atoms with Crippen LogP contribution in [0.4, 0.5) is 11.4 Å². The van der Waals surface area contributed by atoms with Gasteiger partial charge in [0.15, 0.2) is 6.61 Å². The van der Waals surface area contributed by atoms with Gasteiger partial charge < -0.3 is 10.1 Å². The number of carbonyl (C=O) groups excluding carboxylic acids is 4. The molecule has 0 saturated carbocycles. The van der Waals surface area contributed by atoms with Crippen LogP contribution in [0.25, 0.3) is 0 Å². The number of unbranched alkanes of at least 4 members (excludes halogenated alkanes) is 1. The number of hydrogen-bond acceptors (Lipinski definition) is 7. The van der Waals surface area contributed by atoms with Gasteiger partial charge in [0.05, 0.1) is 16.8 Å². The minimum absolute atomic E-state index is 0.153. The van der Waals surface area contributed by atoms with Crippen molar-refractivity contribution in [1.82, 2.24) is 4.90 Å². The Morgan fingerprint density at radius 3 is 1.95 bits per heavy atom. The van der Waals surface area contributed by atoms with E-state index in [0.29, 0.717) is 12.0 Å². The SMILES string of the molecule is CCCC[C@H](C(=O)OCC(=O)Nc1ccc(C)c([N+](=O)[O-])c1)N1C(=O)[C@@H]2C3c4ccccc4C(c4ccccc43)[C@H]2C1=O. The second kappa shape index (κ2) is 11.1. The van der Waals surface area contributed by atoms with Crippen LogP contribution in [0.2, 0.25) is 0 Å². The summed E-state index contributed by atoms with van der Waals surface area (Å²) in [5.74, 6) is -4.14. The molecule has 1 saturated heterocycles. The summed E-state index contributed by atoms with van der Waals surface area (Å²) in [5, 5.41) is 13.7. The van der Waals surface area contributed by atoms with Crippen LogP contribution in [0.5, 0.6) is 0 Å². The first kappa shape index (κ1) is 28.3. The Hall–Kier alpha value is -4.86. The van der Waals surface area contributed by atoms with E-state index in [0.717, 1.165) is 33.6 Å². The molecule has 3 aromatic rings. The van der Waals surface area contributed by atoms with Gasteiger partial charge in [0, 0.05) is 29.2 Å². The highest BCUT2D eigenvalue weighted by Gasteiger charge is 2.63. The smallest absolute Gasteiger partial charge is 0.329 e. The summed E-state index contributed by atoms with van der Waals surface area (Å²) in [6.07, 6.45) is 1.51. The van der Waals surface area contributed by atoms with Crippen molar-refractivity contribution < 1.29 is 28.8 Å². The van der Waals surface area contributed by atoms with E-state index in [1.54, 1.807) is 6.92 Å². The molecule has 0 spiro atoms. The Labute approximate surface area is 248 Å². The molecular weight excluding hydrogens is 550 g/mol. The normalized spacial score (nSPS) is 22.0. The van der Waals surface area contributed by atoms with Crippen molar-refractivity contribution in [2.24, 2.45) is 11.8 Å². The molecule has 10 heteroatoms. The van der Waals surface area contributed by atoms with Crippen molar-refractivity contribution in [3.05, 3.63) is 105 Å². The molecule has 1 heterocycles. The summed E-state index contributed by atoms with van der Waals surface area (Å²) in [4.78, 5) is 66.1. The van der Waals surface area contributed by atoms with Gasteiger partial charge in [-0.05, 0) is 41.7 Å². The standard InChI is InChI=1S/C33H31N3O7/c1-3-4-13-24(33(40)43-17-26(37)34-19-15-14-18(2)25(16-19)36(41)42)35-31(38)29-27-20-9-5-6-10-21(20)28(30(29)32(35)39)23-12-8-7-11-22(23)27/h5-12,14-16,24,27-30H,3-4,13,17H2,1-2H3,(H,34,37)/t24-,27?,28?,29-,30-/m1/s1. The van der Waals surface area contributed by atoms with Crippen molar-refractivity contribution in [3.63, 3.8) is 0 Å². The first-order chi connectivity index (χ1) is 20.7. The maximum absolute atomic E-state index is 14.1. The predicted molar refractivity (Wildman–Crippen MR) is 156 cm³/mol. The number of hydrogen-bond donors (Lipinski definition) is 1. The largest absolute Gasteiger partial charge is 0.454 e. The molecule has 0 radical (unpaired) electrons. The van der Waals surface area contributed by atoms with Crippen LogP contribution in [0.3, 0.4) is 0 Å². The molecule has 43 heavy (non-hydrogen) atoms. The number of esters is 1. The van der Waals surface area contributed by atoms with E-state index in [9.17, 15) is 29.3 Å². The topological polar surface area (TPSA) is 136 Å². The lowest BCUT2D eigenvalue weighted by Gasteiger charge is -2.45. The summed E-state index contributed by atoms with van der Waals surface area (Å²) in [5.41, 5.74) is 4.62.